The lowest BCUT2D eigenvalue weighted by Gasteiger charge is -2.05. The third kappa shape index (κ3) is 8.21. The van der Waals surface area contributed by atoms with E-state index in [0.29, 0.717) is 0 Å². The molecule has 2 rings (SSSR count). The molecule has 26 heavy (non-hydrogen) atoms. The first-order chi connectivity index (χ1) is 12.9. The summed E-state index contributed by atoms with van der Waals surface area (Å²) in [6.07, 6.45) is 22.5. The van der Waals surface area contributed by atoms with Gasteiger partial charge >= 0.3 is 0 Å². The van der Waals surface area contributed by atoms with Crippen LogP contribution in [0.5, 0.6) is 0 Å². The van der Waals surface area contributed by atoms with Crippen LogP contribution in [0.3, 0.4) is 0 Å². The topological polar surface area (TPSA) is 0 Å². The molecule has 0 fully saturated rings. The maximum atomic E-state index is 2.41. The fourth-order valence-electron chi connectivity index (χ4n) is 3.73. The van der Waals surface area contributed by atoms with Crippen LogP contribution < -0.4 is 0 Å². The second kappa shape index (κ2) is 13.6. The van der Waals surface area contributed by atoms with E-state index in [0.717, 1.165) is 0 Å². The Hall–Kier alpha value is -1.56. The van der Waals surface area contributed by atoms with Crippen molar-refractivity contribution in [2.75, 3.05) is 0 Å². The Kier molecular flexibility index (Phi) is 10.9. The summed E-state index contributed by atoms with van der Waals surface area (Å²) >= 11 is 0. The molecule has 142 valence electrons. The van der Waals surface area contributed by atoms with Crippen LogP contribution >= 0.6 is 0 Å². The van der Waals surface area contributed by atoms with E-state index < -0.39 is 0 Å². The van der Waals surface area contributed by atoms with Crippen LogP contribution in [0, 0.1) is 0 Å². The summed E-state index contributed by atoms with van der Waals surface area (Å²) in [6.45, 7) is 2.29. The molecule has 0 aliphatic rings. The van der Waals surface area contributed by atoms with Crippen LogP contribution in [0.2, 0.25) is 0 Å². The Labute approximate surface area is 161 Å². The van der Waals surface area contributed by atoms with Crippen molar-refractivity contribution < 1.29 is 0 Å². The second-order valence-corrected chi connectivity index (χ2v) is 7.62. The van der Waals surface area contributed by atoms with Crippen molar-refractivity contribution in [2.24, 2.45) is 0 Å². The molecule has 0 heteroatoms. The Morgan fingerprint density at radius 1 is 0.615 bits per heavy atom. The lowest BCUT2D eigenvalue weighted by molar-refractivity contribution is 0.566. The van der Waals surface area contributed by atoms with E-state index in [1.165, 1.54) is 99.8 Å². The van der Waals surface area contributed by atoms with E-state index in [9.17, 15) is 0 Å². The molecule has 0 aliphatic carbocycles. The molecular weight excluding hydrogens is 312 g/mol. The van der Waals surface area contributed by atoms with Gasteiger partial charge in [0.15, 0.2) is 0 Å². The number of benzene rings is 2. The van der Waals surface area contributed by atoms with Gasteiger partial charge in [0.2, 0.25) is 0 Å². The molecule has 0 spiro atoms. The highest BCUT2D eigenvalue weighted by atomic mass is 14.0. The van der Waals surface area contributed by atoms with E-state index in [-0.39, 0.29) is 0 Å². The van der Waals surface area contributed by atoms with E-state index in [1.54, 1.807) is 0 Å². The third-order valence-corrected chi connectivity index (χ3v) is 5.34. The minimum Gasteiger partial charge on any atom is -0.0885 e. The zero-order chi connectivity index (χ0) is 18.3. The number of fused-ring (bicyclic) bond motifs is 1. The summed E-state index contributed by atoms with van der Waals surface area (Å²) in [7, 11) is 0. The maximum absolute atomic E-state index is 2.41. The first-order valence-electron chi connectivity index (χ1n) is 11.0. The van der Waals surface area contributed by atoms with Gasteiger partial charge in [-0.15, -0.1) is 0 Å². The SMILES string of the molecule is CCCCCCCCCCC/C=C/CCCc1cccc2ccccc12. The zero-order valence-electron chi connectivity index (χ0n) is 16.9. The number of unbranched alkanes of at least 4 members (excludes halogenated alkanes) is 10. The van der Waals surface area contributed by atoms with Gasteiger partial charge in [0.25, 0.3) is 0 Å². The fraction of sp³-hybridized carbons (Fsp3) is 0.538. The normalized spacial score (nSPS) is 11.6. The van der Waals surface area contributed by atoms with E-state index in [2.05, 4.69) is 61.5 Å². The number of allylic oxidation sites excluding steroid dienone is 2. The maximum Gasteiger partial charge on any atom is -0.0152 e. The summed E-state index contributed by atoms with van der Waals surface area (Å²) < 4.78 is 0. The molecule has 0 heterocycles. The van der Waals surface area contributed by atoms with Crippen LogP contribution in [0.25, 0.3) is 10.8 Å². The van der Waals surface area contributed by atoms with Gasteiger partial charge < -0.3 is 0 Å². The molecule has 0 N–H and O–H groups in total. The monoisotopic (exact) mass is 350 g/mol. The minimum atomic E-state index is 1.18. The summed E-state index contributed by atoms with van der Waals surface area (Å²) in [5, 5.41) is 2.79. The van der Waals surface area contributed by atoms with Gasteiger partial charge in [0.1, 0.15) is 0 Å². The van der Waals surface area contributed by atoms with Crippen molar-refractivity contribution in [1.82, 2.24) is 0 Å². The molecule has 0 radical (unpaired) electrons. The van der Waals surface area contributed by atoms with Gasteiger partial charge in [-0.1, -0.05) is 113 Å². The Morgan fingerprint density at radius 3 is 2.00 bits per heavy atom. The number of aryl methyl sites for hydroxylation is 1. The predicted molar refractivity (Wildman–Crippen MR) is 118 cm³/mol. The standard InChI is InChI=1S/C26H38/c1-2-3-4-5-6-7-8-9-10-11-12-13-14-15-19-24-21-18-22-25-20-16-17-23-26(24)25/h12-13,16-18,20-23H,2-11,14-15,19H2,1H3/b13-12+. The van der Waals surface area contributed by atoms with Crippen molar-refractivity contribution in [3.63, 3.8) is 0 Å². The van der Waals surface area contributed by atoms with Crippen molar-refractivity contribution in [3.8, 4) is 0 Å². The lowest BCUT2D eigenvalue weighted by atomic mass is 10.00. The molecule has 0 atom stereocenters. The zero-order valence-corrected chi connectivity index (χ0v) is 16.9. The number of hydrogen-bond donors (Lipinski definition) is 0. The van der Waals surface area contributed by atoms with Crippen LogP contribution in [-0.4, -0.2) is 0 Å². The first kappa shape index (κ1) is 20.7. The van der Waals surface area contributed by atoms with Crippen molar-refractivity contribution in [3.05, 3.63) is 60.2 Å². The van der Waals surface area contributed by atoms with Crippen molar-refractivity contribution in [2.45, 2.75) is 90.4 Å². The summed E-state index contributed by atoms with van der Waals surface area (Å²) in [5.41, 5.74) is 1.50. The van der Waals surface area contributed by atoms with E-state index in [4.69, 9.17) is 0 Å². The van der Waals surface area contributed by atoms with E-state index in [1.807, 2.05) is 0 Å². The highest BCUT2D eigenvalue weighted by molar-refractivity contribution is 5.85. The average molecular weight is 351 g/mol. The minimum absolute atomic E-state index is 1.18. The van der Waals surface area contributed by atoms with Gasteiger partial charge in [-0.05, 0) is 48.4 Å². The summed E-state index contributed by atoms with van der Waals surface area (Å²) in [6, 6.07) is 15.4. The van der Waals surface area contributed by atoms with Crippen LogP contribution in [0.4, 0.5) is 0 Å². The molecule has 0 bridgehead atoms. The fourth-order valence-corrected chi connectivity index (χ4v) is 3.73. The Balaban J connectivity index is 1.48. The highest BCUT2D eigenvalue weighted by Crippen LogP contribution is 2.20. The van der Waals surface area contributed by atoms with Gasteiger partial charge in [-0.3, -0.25) is 0 Å². The first-order valence-corrected chi connectivity index (χ1v) is 11.0. The molecular formula is C26H38. The molecule has 2 aromatic rings. The van der Waals surface area contributed by atoms with Crippen LogP contribution in [-0.2, 0) is 6.42 Å². The molecule has 0 aromatic heterocycles. The highest BCUT2D eigenvalue weighted by Gasteiger charge is 1.99. The smallest absolute Gasteiger partial charge is 0.0152 e. The summed E-state index contributed by atoms with van der Waals surface area (Å²) in [5.74, 6) is 0. The second-order valence-electron chi connectivity index (χ2n) is 7.62. The Morgan fingerprint density at radius 2 is 1.23 bits per heavy atom. The molecule has 0 nitrogen and oxygen atoms in total. The molecule has 0 aliphatic heterocycles. The predicted octanol–water partition coefficient (Wildman–Crippen LogP) is 8.64. The molecule has 0 amide bonds. The molecule has 0 saturated carbocycles. The van der Waals surface area contributed by atoms with Crippen molar-refractivity contribution in [1.29, 1.82) is 0 Å². The van der Waals surface area contributed by atoms with Gasteiger partial charge in [0, 0.05) is 0 Å². The molecule has 0 saturated heterocycles. The third-order valence-electron chi connectivity index (χ3n) is 5.34. The van der Waals surface area contributed by atoms with Gasteiger partial charge in [-0.2, -0.15) is 0 Å². The van der Waals surface area contributed by atoms with Crippen LogP contribution in [0.1, 0.15) is 89.5 Å². The van der Waals surface area contributed by atoms with Gasteiger partial charge in [0.05, 0.1) is 0 Å². The van der Waals surface area contributed by atoms with Gasteiger partial charge in [-0.25, -0.2) is 0 Å². The Bertz CT molecular complexity index is 617. The molecule has 0 unspecified atom stereocenters. The van der Waals surface area contributed by atoms with Crippen molar-refractivity contribution >= 4 is 10.8 Å². The quantitative estimate of drug-likeness (QED) is 0.236. The number of hydrogen-bond acceptors (Lipinski definition) is 0. The summed E-state index contributed by atoms with van der Waals surface area (Å²) in [4.78, 5) is 0. The number of rotatable bonds is 14. The van der Waals surface area contributed by atoms with Crippen LogP contribution in [0.15, 0.2) is 54.6 Å². The van der Waals surface area contributed by atoms with E-state index >= 15 is 0 Å². The lowest BCUT2D eigenvalue weighted by Crippen LogP contribution is -1.87. The molecule has 2 aromatic carbocycles. The largest absolute Gasteiger partial charge is 0.0885 e. The average Bonchev–Trinajstić information content (AvgIpc) is 2.68.